The normalized spacial score (nSPS) is 26.7. The van der Waals surface area contributed by atoms with Crippen molar-refractivity contribution in [3.63, 3.8) is 0 Å². The smallest absolute Gasteiger partial charge is 0.128 e. The molecule has 0 saturated carbocycles. The molecule has 0 radical (unpaired) electrons. The Kier molecular flexibility index (Phi) is 2.37. The van der Waals surface area contributed by atoms with Crippen molar-refractivity contribution in [3.8, 4) is 0 Å². The second kappa shape index (κ2) is 3.41. The molecule has 1 fully saturated rings. The summed E-state index contributed by atoms with van der Waals surface area (Å²) in [5.41, 5.74) is 6.81. The second-order valence-electron chi connectivity index (χ2n) is 3.95. The van der Waals surface area contributed by atoms with Crippen LogP contribution in [0.2, 0.25) is 5.02 Å². The van der Waals surface area contributed by atoms with Crippen LogP contribution in [0, 0.1) is 0 Å². The van der Waals surface area contributed by atoms with Crippen LogP contribution in [0.5, 0.6) is 0 Å². The third-order valence-corrected chi connectivity index (χ3v) is 3.06. The molecule has 0 bridgehead atoms. The molecule has 1 saturated heterocycles. The minimum absolute atomic E-state index is 0.0536. The van der Waals surface area contributed by atoms with Gasteiger partial charge in [-0.05, 0) is 32.4 Å². The Labute approximate surface area is 88.7 Å². The fourth-order valence-electron chi connectivity index (χ4n) is 2.02. The first kappa shape index (κ1) is 9.74. The van der Waals surface area contributed by atoms with Gasteiger partial charge in [0.15, 0.2) is 0 Å². The molecule has 2 heterocycles. The highest BCUT2D eigenvalue weighted by Crippen LogP contribution is 2.34. The minimum Gasteiger partial charge on any atom is -0.383 e. The topological polar surface area (TPSA) is 50.9 Å². The zero-order valence-corrected chi connectivity index (χ0v) is 8.93. The molecule has 0 spiro atoms. The van der Waals surface area contributed by atoms with Gasteiger partial charge in [-0.15, -0.1) is 0 Å². The van der Waals surface area contributed by atoms with Gasteiger partial charge in [0.25, 0.3) is 0 Å². The highest BCUT2D eigenvalue weighted by molar-refractivity contribution is 6.30. The van der Waals surface area contributed by atoms with Gasteiger partial charge in [-0.2, -0.15) is 0 Å². The third-order valence-electron chi connectivity index (χ3n) is 2.85. The summed E-state index contributed by atoms with van der Waals surface area (Å²) in [5, 5.41) is 4.08. The predicted molar refractivity (Wildman–Crippen MR) is 58.2 cm³/mol. The summed E-state index contributed by atoms with van der Waals surface area (Å²) >= 11 is 5.91. The average molecular weight is 212 g/mol. The number of hydrogen-bond donors (Lipinski definition) is 2. The number of pyridine rings is 1. The molecule has 1 aliphatic heterocycles. The van der Waals surface area contributed by atoms with Crippen molar-refractivity contribution in [2.75, 3.05) is 12.3 Å². The van der Waals surface area contributed by atoms with Crippen molar-refractivity contribution in [2.45, 2.75) is 25.3 Å². The van der Waals surface area contributed by atoms with Crippen LogP contribution in [0.3, 0.4) is 0 Å². The largest absolute Gasteiger partial charge is 0.383 e. The molecule has 2 rings (SSSR count). The maximum Gasteiger partial charge on any atom is 0.128 e. The average Bonchev–Trinajstić information content (AvgIpc) is 2.58. The van der Waals surface area contributed by atoms with Gasteiger partial charge in [-0.3, -0.25) is 0 Å². The first-order chi connectivity index (χ1) is 6.62. The third kappa shape index (κ3) is 1.57. The Morgan fingerprint density at radius 1 is 1.64 bits per heavy atom. The lowest BCUT2D eigenvalue weighted by atomic mass is 9.91. The first-order valence-corrected chi connectivity index (χ1v) is 5.16. The number of nitrogens with one attached hydrogen (secondary N) is 1. The molecule has 76 valence electrons. The molecule has 0 amide bonds. The van der Waals surface area contributed by atoms with Gasteiger partial charge in [0.05, 0.1) is 5.02 Å². The molecule has 0 aromatic carbocycles. The van der Waals surface area contributed by atoms with Crippen molar-refractivity contribution >= 4 is 17.4 Å². The molecule has 1 aromatic rings. The molecular formula is C10H14ClN3. The van der Waals surface area contributed by atoms with Crippen LogP contribution in [0.1, 0.15) is 25.3 Å². The Morgan fingerprint density at radius 3 is 3.07 bits per heavy atom. The van der Waals surface area contributed by atoms with Gasteiger partial charge in [-0.25, -0.2) is 4.98 Å². The second-order valence-corrected chi connectivity index (χ2v) is 4.39. The molecule has 3 nitrogen and oxygen atoms in total. The number of nitrogens with two attached hydrogens (primary N) is 1. The molecule has 0 aliphatic carbocycles. The van der Waals surface area contributed by atoms with Crippen LogP contribution < -0.4 is 11.1 Å². The van der Waals surface area contributed by atoms with Crippen LogP contribution >= 0.6 is 11.6 Å². The zero-order chi connectivity index (χ0) is 10.2. The summed E-state index contributed by atoms with van der Waals surface area (Å²) in [4.78, 5) is 4.07. The van der Waals surface area contributed by atoms with Crippen LogP contribution in [-0.4, -0.2) is 11.5 Å². The quantitative estimate of drug-likeness (QED) is 0.746. The molecular weight excluding hydrogens is 198 g/mol. The van der Waals surface area contributed by atoms with E-state index in [9.17, 15) is 0 Å². The van der Waals surface area contributed by atoms with Crippen LogP contribution in [0.25, 0.3) is 0 Å². The number of halogens is 1. The highest BCUT2D eigenvalue weighted by Gasteiger charge is 2.32. The van der Waals surface area contributed by atoms with Crippen LogP contribution in [0.15, 0.2) is 12.3 Å². The monoisotopic (exact) mass is 211 g/mol. The van der Waals surface area contributed by atoms with Crippen LogP contribution in [-0.2, 0) is 5.54 Å². The van der Waals surface area contributed by atoms with E-state index in [1.165, 1.54) is 6.42 Å². The van der Waals surface area contributed by atoms with E-state index in [0.29, 0.717) is 10.8 Å². The Bertz CT molecular complexity index is 345. The van der Waals surface area contributed by atoms with Gasteiger partial charge in [-0.1, -0.05) is 11.6 Å². The van der Waals surface area contributed by atoms with E-state index in [0.717, 1.165) is 18.5 Å². The van der Waals surface area contributed by atoms with E-state index in [1.807, 2.05) is 6.07 Å². The molecule has 4 heteroatoms. The Balaban J connectivity index is 2.44. The lowest BCUT2D eigenvalue weighted by molar-refractivity contribution is 0.435. The Morgan fingerprint density at radius 2 is 2.43 bits per heavy atom. The van der Waals surface area contributed by atoms with Gasteiger partial charge in [0.2, 0.25) is 0 Å². The van der Waals surface area contributed by atoms with E-state index < -0.39 is 0 Å². The summed E-state index contributed by atoms with van der Waals surface area (Å²) in [6.45, 7) is 3.17. The van der Waals surface area contributed by atoms with Crippen molar-refractivity contribution in [2.24, 2.45) is 0 Å². The number of anilines is 1. The van der Waals surface area contributed by atoms with E-state index in [1.54, 1.807) is 6.20 Å². The van der Waals surface area contributed by atoms with Gasteiger partial charge >= 0.3 is 0 Å². The zero-order valence-electron chi connectivity index (χ0n) is 8.18. The summed E-state index contributed by atoms with van der Waals surface area (Å²) in [6, 6.07) is 1.90. The maximum absolute atomic E-state index is 5.91. The van der Waals surface area contributed by atoms with Crippen molar-refractivity contribution in [3.05, 3.63) is 22.8 Å². The van der Waals surface area contributed by atoms with Crippen molar-refractivity contribution in [1.82, 2.24) is 10.3 Å². The number of hydrogen-bond acceptors (Lipinski definition) is 3. The number of nitrogens with zero attached hydrogens (tertiary/aromatic N) is 1. The summed E-state index contributed by atoms with van der Waals surface area (Å²) < 4.78 is 0. The lowest BCUT2D eigenvalue weighted by Gasteiger charge is -2.25. The molecule has 1 aromatic heterocycles. The number of rotatable bonds is 1. The summed E-state index contributed by atoms with van der Waals surface area (Å²) in [7, 11) is 0. The molecule has 1 atom stereocenters. The van der Waals surface area contributed by atoms with Crippen LogP contribution in [0.4, 0.5) is 5.82 Å². The summed E-state index contributed by atoms with van der Waals surface area (Å²) in [5.74, 6) is 0.575. The minimum atomic E-state index is -0.0536. The first-order valence-electron chi connectivity index (χ1n) is 4.78. The van der Waals surface area contributed by atoms with E-state index in [2.05, 4.69) is 17.2 Å². The maximum atomic E-state index is 5.91. The lowest BCUT2D eigenvalue weighted by Crippen LogP contribution is -2.34. The molecule has 3 N–H and O–H groups in total. The molecule has 14 heavy (non-hydrogen) atoms. The van der Waals surface area contributed by atoms with E-state index >= 15 is 0 Å². The van der Waals surface area contributed by atoms with Gasteiger partial charge < -0.3 is 11.1 Å². The van der Waals surface area contributed by atoms with E-state index in [4.69, 9.17) is 17.3 Å². The number of nitrogen functional groups attached to an aromatic ring is 1. The van der Waals surface area contributed by atoms with E-state index in [-0.39, 0.29) is 5.54 Å². The molecule has 1 unspecified atom stereocenters. The SMILES string of the molecule is CC1(c2cc(Cl)cnc2N)CCCN1. The van der Waals surface area contributed by atoms with Crippen molar-refractivity contribution in [1.29, 1.82) is 0 Å². The summed E-state index contributed by atoms with van der Waals surface area (Å²) in [6.07, 6.45) is 3.83. The molecule has 1 aliphatic rings. The van der Waals surface area contributed by atoms with Crippen molar-refractivity contribution < 1.29 is 0 Å². The van der Waals surface area contributed by atoms with Gasteiger partial charge in [0, 0.05) is 17.3 Å². The predicted octanol–water partition coefficient (Wildman–Crippen LogP) is 1.92. The Hall–Kier alpha value is -0.800. The standard InChI is InChI=1S/C10H14ClN3/c1-10(3-2-4-14-10)8-5-7(11)6-13-9(8)12/h5-6,14H,2-4H2,1H3,(H2,12,13). The number of aromatic nitrogens is 1. The van der Waals surface area contributed by atoms with Gasteiger partial charge in [0.1, 0.15) is 5.82 Å². The fraction of sp³-hybridized carbons (Fsp3) is 0.500. The highest BCUT2D eigenvalue weighted by atomic mass is 35.5. The fourth-order valence-corrected chi connectivity index (χ4v) is 2.17.